The minimum atomic E-state index is 0. The molecule has 1 aliphatic rings. The Bertz CT molecular complexity index is 1240. The highest BCUT2D eigenvalue weighted by Gasteiger charge is 2.21. The summed E-state index contributed by atoms with van der Waals surface area (Å²) in [5.74, 6) is 1.79. The number of halogens is 1. The van der Waals surface area contributed by atoms with Crippen LogP contribution in [0.25, 0.3) is 16.8 Å². The van der Waals surface area contributed by atoms with Gasteiger partial charge in [-0.3, -0.25) is 0 Å². The van der Waals surface area contributed by atoms with Gasteiger partial charge < -0.3 is 20.6 Å². The summed E-state index contributed by atoms with van der Waals surface area (Å²) in [5.41, 5.74) is 4.88. The molecule has 1 atom stereocenters. The standard InChI is InChI=1S/C25H29N7O.ClH/c1-18-5-4-11-31(18)24-9-3-8-23(30-24)29-22-14-21(16-32-25(22)27-17-28-32)20-7-2-6-19(13-20)15-26-10-12-33;/h2-3,6-9,13-14,16-18,26,33H,4-5,10-12,15H2,1H3,(H,29,30);1H/t18-;/m0./s1. The second-order valence-corrected chi connectivity index (χ2v) is 8.46. The lowest BCUT2D eigenvalue weighted by Gasteiger charge is -2.23. The van der Waals surface area contributed by atoms with Gasteiger partial charge in [-0.25, -0.2) is 14.5 Å². The van der Waals surface area contributed by atoms with E-state index in [-0.39, 0.29) is 19.0 Å². The SMILES string of the molecule is C[C@H]1CCCN1c1cccc(Nc2cc(-c3cccc(CNCCO)c3)cn3ncnc23)n1.Cl. The number of aliphatic hydroxyl groups excluding tert-OH is 1. The first-order valence-corrected chi connectivity index (χ1v) is 11.5. The fraction of sp³-hybridized carbons (Fsp3) is 0.320. The van der Waals surface area contributed by atoms with Crippen LogP contribution in [0.15, 0.2) is 61.1 Å². The van der Waals surface area contributed by atoms with Gasteiger partial charge in [-0.1, -0.05) is 24.3 Å². The number of hydrogen-bond acceptors (Lipinski definition) is 7. The summed E-state index contributed by atoms with van der Waals surface area (Å²) in [5, 5.41) is 20.1. The van der Waals surface area contributed by atoms with Gasteiger partial charge in [0.05, 0.1) is 12.3 Å². The lowest BCUT2D eigenvalue weighted by atomic mass is 10.0. The van der Waals surface area contributed by atoms with E-state index in [1.165, 1.54) is 12.8 Å². The van der Waals surface area contributed by atoms with E-state index in [1.807, 2.05) is 24.4 Å². The summed E-state index contributed by atoms with van der Waals surface area (Å²) < 4.78 is 1.79. The third-order valence-electron chi connectivity index (χ3n) is 6.10. The maximum absolute atomic E-state index is 9.01. The molecule has 1 fully saturated rings. The zero-order valence-corrected chi connectivity index (χ0v) is 20.0. The van der Waals surface area contributed by atoms with Crippen LogP contribution in [0.2, 0.25) is 0 Å². The number of pyridine rings is 2. The van der Waals surface area contributed by atoms with Gasteiger partial charge in [-0.15, -0.1) is 12.4 Å². The van der Waals surface area contributed by atoms with Gasteiger partial charge in [-0.05, 0) is 55.2 Å². The largest absolute Gasteiger partial charge is 0.395 e. The number of hydrogen-bond donors (Lipinski definition) is 3. The van der Waals surface area contributed by atoms with Crippen LogP contribution in [0.5, 0.6) is 0 Å². The van der Waals surface area contributed by atoms with E-state index in [0.717, 1.165) is 46.2 Å². The molecule has 0 saturated carbocycles. The third-order valence-corrected chi connectivity index (χ3v) is 6.10. The molecule has 5 rings (SSSR count). The lowest BCUT2D eigenvalue weighted by Crippen LogP contribution is -2.27. The first-order chi connectivity index (χ1) is 16.2. The number of aromatic nitrogens is 4. The molecule has 0 amide bonds. The molecule has 1 aromatic carbocycles. The Balaban J connectivity index is 0.00000274. The van der Waals surface area contributed by atoms with E-state index in [0.29, 0.717) is 19.1 Å². The summed E-state index contributed by atoms with van der Waals surface area (Å²) in [6.45, 7) is 4.71. The fourth-order valence-electron chi connectivity index (χ4n) is 4.41. The summed E-state index contributed by atoms with van der Waals surface area (Å²) in [6, 6.07) is 17.1. The van der Waals surface area contributed by atoms with Crippen LogP contribution < -0.4 is 15.5 Å². The molecule has 3 aromatic heterocycles. The van der Waals surface area contributed by atoms with Gasteiger partial charge in [-0.2, -0.15) is 5.10 Å². The summed E-state index contributed by atoms with van der Waals surface area (Å²) >= 11 is 0. The van der Waals surface area contributed by atoms with Crippen LogP contribution in [0, 0.1) is 0 Å². The summed E-state index contributed by atoms with van der Waals surface area (Å²) in [6.07, 6.45) is 5.96. The normalized spacial score (nSPS) is 15.5. The van der Waals surface area contributed by atoms with Gasteiger partial charge in [0.2, 0.25) is 0 Å². The van der Waals surface area contributed by atoms with Crippen LogP contribution in [0.4, 0.5) is 17.3 Å². The Hall–Kier alpha value is -3.20. The molecular formula is C25H30ClN7O. The van der Waals surface area contributed by atoms with Crippen molar-refractivity contribution in [3.05, 3.63) is 66.6 Å². The Kier molecular flexibility index (Phi) is 7.62. The van der Waals surface area contributed by atoms with Gasteiger partial charge >= 0.3 is 0 Å². The van der Waals surface area contributed by atoms with Crippen molar-refractivity contribution in [2.45, 2.75) is 32.4 Å². The van der Waals surface area contributed by atoms with Crippen molar-refractivity contribution in [1.29, 1.82) is 0 Å². The van der Waals surface area contributed by atoms with Gasteiger partial charge in [0, 0.05) is 37.4 Å². The molecule has 0 unspecified atom stereocenters. The molecule has 1 aliphatic heterocycles. The first-order valence-electron chi connectivity index (χ1n) is 11.5. The predicted octanol–water partition coefficient (Wildman–Crippen LogP) is 4.03. The number of anilines is 3. The van der Waals surface area contributed by atoms with Crippen LogP contribution in [0.3, 0.4) is 0 Å². The van der Waals surface area contributed by atoms with Crippen molar-refractivity contribution in [2.24, 2.45) is 0 Å². The van der Waals surface area contributed by atoms with Gasteiger partial charge in [0.1, 0.15) is 18.0 Å². The van der Waals surface area contributed by atoms with Crippen LogP contribution in [0.1, 0.15) is 25.3 Å². The lowest BCUT2D eigenvalue weighted by molar-refractivity contribution is 0.292. The third kappa shape index (κ3) is 5.14. The molecule has 0 radical (unpaired) electrons. The van der Waals surface area contributed by atoms with E-state index < -0.39 is 0 Å². The van der Waals surface area contributed by atoms with Crippen molar-refractivity contribution in [2.75, 3.05) is 29.9 Å². The smallest absolute Gasteiger partial charge is 0.178 e. The molecule has 0 spiro atoms. The maximum atomic E-state index is 9.01. The topological polar surface area (TPSA) is 90.6 Å². The van der Waals surface area contributed by atoms with Gasteiger partial charge in [0.25, 0.3) is 0 Å². The quantitative estimate of drug-likeness (QED) is 0.329. The molecule has 0 aliphatic carbocycles. The van der Waals surface area contributed by atoms with Crippen molar-refractivity contribution >= 4 is 35.4 Å². The van der Waals surface area contributed by atoms with Crippen LogP contribution >= 0.6 is 12.4 Å². The highest BCUT2D eigenvalue weighted by atomic mass is 35.5. The molecule has 4 aromatic rings. The molecule has 8 nitrogen and oxygen atoms in total. The molecular weight excluding hydrogens is 450 g/mol. The van der Waals surface area contributed by atoms with E-state index >= 15 is 0 Å². The highest BCUT2D eigenvalue weighted by Crippen LogP contribution is 2.29. The van der Waals surface area contributed by atoms with E-state index in [1.54, 1.807) is 10.8 Å². The number of rotatable bonds is 8. The molecule has 3 N–H and O–H groups in total. The average molecular weight is 480 g/mol. The molecule has 0 bridgehead atoms. The van der Waals surface area contributed by atoms with Crippen molar-refractivity contribution < 1.29 is 5.11 Å². The van der Waals surface area contributed by atoms with Crippen molar-refractivity contribution in [3.63, 3.8) is 0 Å². The van der Waals surface area contributed by atoms with Crippen LogP contribution in [-0.2, 0) is 6.54 Å². The van der Waals surface area contributed by atoms with Crippen LogP contribution in [-0.4, -0.2) is 50.4 Å². The summed E-state index contributed by atoms with van der Waals surface area (Å²) in [7, 11) is 0. The van der Waals surface area contributed by atoms with E-state index in [9.17, 15) is 0 Å². The Morgan fingerprint density at radius 3 is 2.82 bits per heavy atom. The summed E-state index contributed by atoms with van der Waals surface area (Å²) in [4.78, 5) is 11.7. The second-order valence-electron chi connectivity index (χ2n) is 8.46. The molecule has 34 heavy (non-hydrogen) atoms. The number of nitrogens with zero attached hydrogens (tertiary/aromatic N) is 5. The van der Waals surface area contributed by atoms with Crippen molar-refractivity contribution in [3.8, 4) is 11.1 Å². The van der Waals surface area contributed by atoms with E-state index in [2.05, 4.69) is 62.9 Å². The van der Waals surface area contributed by atoms with Crippen molar-refractivity contribution in [1.82, 2.24) is 24.9 Å². The Labute approximate surface area is 205 Å². The minimum absolute atomic E-state index is 0. The fourth-order valence-corrected chi connectivity index (χ4v) is 4.41. The van der Waals surface area contributed by atoms with Gasteiger partial charge in [0.15, 0.2) is 5.65 Å². The zero-order valence-electron chi connectivity index (χ0n) is 19.2. The van der Waals surface area contributed by atoms with E-state index in [4.69, 9.17) is 10.1 Å². The number of nitrogens with one attached hydrogen (secondary N) is 2. The zero-order chi connectivity index (χ0) is 22.6. The Morgan fingerprint density at radius 2 is 2.00 bits per heavy atom. The Morgan fingerprint density at radius 1 is 1.12 bits per heavy atom. The second kappa shape index (κ2) is 10.8. The average Bonchev–Trinajstić information content (AvgIpc) is 3.49. The molecule has 1 saturated heterocycles. The number of aliphatic hydroxyl groups is 1. The highest BCUT2D eigenvalue weighted by molar-refractivity contribution is 5.85. The molecule has 4 heterocycles. The number of fused-ring (bicyclic) bond motifs is 1. The predicted molar refractivity (Wildman–Crippen MR) is 138 cm³/mol. The number of benzene rings is 1. The minimum Gasteiger partial charge on any atom is -0.395 e. The first kappa shape index (κ1) is 23.9. The maximum Gasteiger partial charge on any atom is 0.178 e. The monoisotopic (exact) mass is 479 g/mol. The molecule has 178 valence electrons. The molecule has 9 heteroatoms.